The third-order valence-corrected chi connectivity index (χ3v) is 2.67. The van der Waals surface area contributed by atoms with Gasteiger partial charge in [0, 0.05) is 18.7 Å². The average Bonchev–Trinajstić information content (AvgIpc) is 1.99. The van der Waals surface area contributed by atoms with Gasteiger partial charge in [-0.25, -0.2) is 8.42 Å². The van der Waals surface area contributed by atoms with Crippen LogP contribution in [-0.2, 0) is 14.6 Å². The summed E-state index contributed by atoms with van der Waals surface area (Å²) in [5.41, 5.74) is 0. The molecule has 0 saturated carbocycles. The highest BCUT2D eigenvalue weighted by molar-refractivity contribution is 7.90. The van der Waals surface area contributed by atoms with Gasteiger partial charge in [-0.15, -0.1) is 0 Å². The highest BCUT2D eigenvalue weighted by Crippen LogP contribution is 1.92. The van der Waals surface area contributed by atoms with E-state index in [2.05, 4.69) is 5.32 Å². The van der Waals surface area contributed by atoms with E-state index in [1.54, 1.807) is 0 Å². The van der Waals surface area contributed by atoms with E-state index < -0.39 is 9.84 Å². The summed E-state index contributed by atoms with van der Waals surface area (Å²) in [7, 11) is -3.02. The van der Waals surface area contributed by atoms with Gasteiger partial charge in [0.2, 0.25) is 5.91 Å². The molecule has 13 heavy (non-hydrogen) atoms. The van der Waals surface area contributed by atoms with E-state index in [1.807, 2.05) is 13.8 Å². The van der Waals surface area contributed by atoms with Crippen LogP contribution in [0.3, 0.4) is 0 Å². The number of carbonyl (C=O) groups is 1. The number of rotatable bonds is 5. The standard InChI is InChI=1S/C8H17NO3S/c1-4-7(2)9-8(10)5-6-13(3,11)12/h7H,4-6H2,1-3H3,(H,9,10)/t7-/m1/s1. The first kappa shape index (κ1) is 12.4. The lowest BCUT2D eigenvalue weighted by Gasteiger charge is -2.10. The normalized spacial score (nSPS) is 13.8. The van der Waals surface area contributed by atoms with Crippen LogP contribution in [0.2, 0.25) is 0 Å². The van der Waals surface area contributed by atoms with Crippen molar-refractivity contribution in [1.82, 2.24) is 5.32 Å². The van der Waals surface area contributed by atoms with Crippen LogP contribution >= 0.6 is 0 Å². The van der Waals surface area contributed by atoms with E-state index >= 15 is 0 Å². The number of hydrogen-bond donors (Lipinski definition) is 1. The van der Waals surface area contributed by atoms with E-state index in [9.17, 15) is 13.2 Å². The molecule has 0 aliphatic heterocycles. The van der Waals surface area contributed by atoms with Crippen LogP contribution in [0.25, 0.3) is 0 Å². The lowest BCUT2D eigenvalue weighted by molar-refractivity contribution is -0.121. The summed E-state index contributed by atoms with van der Waals surface area (Å²) in [6.07, 6.45) is 2.04. The minimum absolute atomic E-state index is 0.0587. The van der Waals surface area contributed by atoms with E-state index in [4.69, 9.17) is 0 Å². The summed E-state index contributed by atoms with van der Waals surface area (Å²) < 4.78 is 21.4. The SMILES string of the molecule is CC[C@@H](C)NC(=O)CCS(C)(=O)=O. The molecule has 0 aliphatic carbocycles. The minimum Gasteiger partial charge on any atom is -0.354 e. The highest BCUT2D eigenvalue weighted by Gasteiger charge is 2.09. The van der Waals surface area contributed by atoms with Crippen molar-refractivity contribution in [2.45, 2.75) is 32.7 Å². The molecule has 0 fully saturated rings. The van der Waals surface area contributed by atoms with Crippen molar-refractivity contribution in [3.05, 3.63) is 0 Å². The Morgan fingerprint density at radius 2 is 2.00 bits per heavy atom. The quantitative estimate of drug-likeness (QED) is 0.707. The number of carbonyl (C=O) groups excluding carboxylic acids is 1. The van der Waals surface area contributed by atoms with Crippen LogP contribution in [0.4, 0.5) is 0 Å². The number of amides is 1. The van der Waals surface area contributed by atoms with Crippen LogP contribution in [-0.4, -0.2) is 32.4 Å². The molecule has 0 unspecified atom stereocenters. The Hall–Kier alpha value is -0.580. The molecule has 1 amide bonds. The fourth-order valence-corrected chi connectivity index (χ4v) is 1.28. The minimum atomic E-state index is -3.02. The highest BCUT2D eigenvalue weighted by atomic mass is 32.2. The number of nitrogens with one attached hydrogen (secondary N) is 1. The van der Waals surface area contributed by atoms with Crippen molar-refractivity contribution in [3.8, 4) is 0 Å². The summed E-state index contributed by atoms with van der Waals surface area (Å²) in [6.45, 7) is 3.85. The fraction of sp³-hybridized carbons (Fsp3) is 0.875. The molecular weight excluding hydrogens is 190 g/mol. The molecule has 0 saturated heterocycles. The van der Waals surface area contributed by atoms with Gasteiger partial charge in [0.25, 0.3) is 0 Å². The molecule has 1 atom stereocenters. The lowest BCUT2D eigenvalue weighted by Crippen LogP contribution is -2.32. The van der Waals surface area contributed by atoms with E-state index in [0.29, 0.717) is 0 Å². The third-order valence-electron chi connectivity index (χ3n) is 1.72. The van der Waals surface area contributed by atoms with E-state index in [-0.39, 0.29) is 24.1 Å². The molecule has 5 heteroatoms. The maximum absolute atomic E-state index is 11.1. The molecule has 0 aromatic carbocycles. The Morgan fingerprint density at radius 1 is 1.46 bits per heavy atom. The Labute approximate surface area is 79.6 Å². The molecule has 0 heterocycles. The van der Waals surface area contributed by atoms with Crippen molar-refractivity contribution in [3.63, 3.8) is 0 Å². The molecule has 0 rings (SSSR count). The Kier molecular flexibility index (Phi) is 4.98. The molecular formula is C8H17NO3S. The summed E-state index contributed by atoms with van der Waals surface area (Å²) >= 11 is 0. The first-order chi connectivity index (χ1) is 5.85. The van der Waals surface area contributed by atoms with Gasteiger partial charge in [-0.05, 0) is 13.3 Å². The zero-order chi connectivity index (χ0) is 10.5. The van der Waals surface area contributed by atoms with Gasteiger partial charge < -0.3 is 5.32 Å². The molecule has 78 valence electrons. The summed E-state index contributed by atoms with van der Waals surface area (Å²) in [4.78, 5) is 11.1. The van der Waals surface area contributed by atoms with Gasteiger partial charge in [0.15, 0.2) is 0 Å². The molecule has 0 aromatic rings. The summed E-state index contributed by atoms with van der Waals surface area (Å²) in [6, 6.07) is 0.118. The Balaban J connectivity index is 3.77. The van der Waals surface area contributed by atoms with Gasteiger partial charge in [0.1, 0.15) is 9.84 Å². The smallest absolute Gasteiger partial charge is 0.221 e. The van der Waals surface area contributed by atoms with Crippen molar-refractivity contribution < 1.29 is 13.2 Å². The third kappa shape index (κ3) is 7.77. The lowest BCUT2D eigenvalue weighted by atomic mass is 10.2. The van der Waals surface area contributed by atoms with Crippen molar-refractivity contribution >= 4 is 15.7 Å². The van der Waals surface area contributed by atoms with Gasteiger partial charge >= 0.3 is 0 Å². The number of hydrogen-bond acceptors (Lipinski definition) is 3. The molecule has 4 nitrogen and oxygen atoms in total. The van der Waals surface area contributed by atoms with E-state index in [1.165, 1.54) is 0 Å². The second kappa shape index (κ2) is 5.21. The monoisotopic (exact) mass is 207 g/mol. The zero-order valence-electron chi connectivity index (χ0n) is 8.33. The van der Waals surface area contributed by atoms with Crippen molar-refractivity contribution in [1.29, 1.82) is 0 Å². The molecule has 0 spiro atoms. The predicted octanol–water partition coefficient (Wildman–Crippen LogP) is 0.336. The maximum atomic E-state index is 11.1. The van der Waals surface area contributed by atoms with E-state index in [0.717, 1.165) is 12.7 Å². The second-order valence-corrected chi connectivity index (χ2v) is 5.52. The fourth-order valence-electron chi connectivity index (χ4n) is 0.727. The first-order valence-electron chi connectivity index (χ1n) is 4.32. The average molecular weight is 207 g/mol. The molecule has 0 bridgehead atoms. The van der Waals surface area contributed by atoms with Gasteiger partial charge in [0.05, 0.1) is 5.75 Å². The summed E-state index contributed by atoms with van der Waals surface area (Å²) in [5.74, 6) is -0.269. The zero-order valence-corrected chi connectivity index (χ0v) is 9.15. The topological polar surface area (TPSA) is 63.2 Å². The van der Waals surface area contributed by atoms with Crippen LogP contribution in [0, 0.1) is 0 Å². The van der Waals surface area contributed by atoms with Crippen LogP contribution in [0.5, 0.6) is 0 Å². The molecule has 0 aromatic heterocycles. The largest absolute Gasteiger partial charge is 0.354 e. The molecule has 0 radical (unpaired) electrons. The molecule has 0 aliphatic rings. The molecule has 1 N–H and O–H groups in total. The van der Waals surface area contributed by atoms with Gasteiger partial charge in [-0.1, -0.05) is 6.92 Å². The first-order valence-corrected chi connectivity index (χ1v) is 6.38. The van der Waals surface area contributed by atoms with Crippen LogP contribution in [0.15, 0.2) is 0 Å². The Bertz CT molecular complexity index is 259. The number of sulfone groups is 1. The van der Waals surface area contributed by atoms with Gasteiger partial charge in [-0.3, -0.25) is 4.79 Å². The Morgan fingerprint density at radius 3 is 2.38 bits per heavy atom. The van der Waals surface area contributed by atoms with Crippen molar-refractivity contribution in [2.24, 2.45) is 0 Å². The maximum Gasteiger partial charge on any atom is 0.221 e. The van der Waals surface area contributed by atoms with Crippen LogP contribution < -0.4 is 5.32 Å². The van der Waals surface area contributed by atoms with Crippen LogP contribution in [0.1, 0.15) is 26.7 Å². The summed E-state index contributed by atoms with van der Waals surface area (Å²) in [5, 5.41) is 2.70. The predicted molar refractivity (Wildman–Crippen MR) is 52.2 cm³/mol. The van der Waals surface area contributed by atoms with Crippen molar-refractivity contribution in [2.75, 3.05) is 12.0 Å². The van der Waals surface area contributed by atoms with Gasteiger partial charge in [-0.2, -0.15) is 0 Å². The second-order valence-electron chi connectivity index (χ2n) is 3.26.